The Labute approximate surface area is 119 Å². The summed E-state index contributed by atoms with van der Waals surface area (Å²) in [7, 11) is 0. The molecule has 0 saturated carbocycles. The normalized spacial score (nSPS) is 18.7. The largest absolute Gasteiger partial charge is 0.494 e. The summed E-state index contributed by atoms with van der Waals surface area (Å²) in [6.45, 7) is 7.07. The maximum Gasteiger partial charge on any atom is 0.260 e. The molecule has 1 amide bonds. The molecule has 1 aromatic rings. The number of amides is 1. The third-order valence-corrected chi connectivity index (χ3v) is 3.22. The van der Waals surface area contributed by atoms with Gasteiger partial charge in [-0.2, -0.15) is 0 Å². The van der Waals surface area contributed by atoms with Gasteiger partial charge in [-0.05, 0) is 38.1 Å². The highest BCUT2D eigenvalue weighted by molar-refractivity contribution is 5.78. The minimum atomic E-state index is 0.0345. The molecule has 1 fully saturated rings. The number of benzene rings is 1. The van der Waals surface area contributed by atoms with Crippen LogP contribution in [0.2, 0.25) is 0 Å². The number of hydrogen-bond donors (Lipinski definition) is 1. The Balaban J connectivity index is 1.80. The van der Waals surface area contributed by atoms with Crippen LogP contribution in [-0.2, 0) is 4.79 Å². The molecule has 1 saturated heterocycles. The van der Waals surface area contributed by atoms with Crippen molar-refractivity contribution >= 4 is 5.91 Å². The van der Waals surface area contributed by atoms with E-state index in [0.29, 0.717) is 18.4 Å². The van der Waals surface area contributed by atoms with Crippen LogP contribution in [0.4, 0.5) is 0 Å². The number of piperazine rings is 1. The first kappa shape index (κ1) is 14.7. The van der Waals surface area contributed by atoms with Crippen molar-refractivity contribution in [3.63, 3.8) is 0 Å². The Kier molecular flexibility index (Phi) is 5.24. The molecule has 1 aliphatic rings. The van der Waals surface area contributed by atoms with E-state index in [-0.39, 0.29) is 12.5 Å². The van der Waals surface area contributed by atoms with Gasteiger partial charge in [0.25, 0.3) is 5.91 Å². The lowest BCUT2D eigenvalue weighted by Gasteiger charge is -2.31. The van der Waals surface area contributed by atoms with Gasteiger partial charge in [0.1, 0.15) is 11.5 Å². The first-order valence-corrected chi connectivity index (χ1v) is 7.06. The molecule has 1 atom stereocenters. The molecular weight excluding hydrogens is 256 g/mol. The third-order valence-electron chi connectivity index (χ3n) is 3.22. The SMILES string of the molecule is CCOc1ccc(OCC(=O)N2CCNC(C)C2)cc1. The summed E-state index contributed by atoms with van der Waals surface area (Å²) in [5, 5.41) is 3.31. The lowest BCUT2D eigenvalue weighted by Crippen LogP contribution is -2.52. The number of nitrogens with one attached hydrogen (secondary N) is 1. The van der Waals surface area contributed by atoms with E-state index in [0.717, 1.165) is 25.4 Å². The highest BCUT2D eigenvalue weighted by Gasteiger charge is 2.20. The van der Waals surface area contributed by atoms with Gasteiger partial charge < -0.3 is 19.7 Å². The highest BCUT2D eigenvalue weighted by Crippen LogP contribution is 2.17. The lowest BCUT2D eigenvalue weighted by atomic mass is 10.2. The maximum atomic E-state index is 12.0. The van der Waals surface area contributed by atoms with Gasteiger partial charge >= 0.3 is 0 Å². The van der Waals surface area contributed by atoms with Gasteiger partial charge in [0.15, 0.2) is 6.61 Å². The Morgan fingerprint density at radius 1 is 1.30 bits per heavy atom. The van der Waals surface area contributed by atoms with E-state index in [1.807, 2.05) is 36.1 Å². The zero-order valence-electron chi connectivity index (χ0n) is 12.1. The number of nitrogens with zero attached hydrogens (tertiary/aromatic N) is 1. The van der Waals surface area contributed by atoms with Crippen LogP contribution in [0.15, 0.2) is 24.3 Å². The zero-order valence-corrected chi connectivity index (χ0v) is 12.1. The van der Waals surface area contributed by atoms with Gasteiger partial charge in [-0.25, -0.2) is 0 Å². The first-order valence-electron chi connectivity index (χ1n) is 7.06. The molecule has 0 spiro atoms. The second-order valence-corrected chi connectivity index (χ2v) is 4.89. The minimum absolute atomic E-state index is 0.0345. The van der Waals surface area contributed by atoms with Crippen molar-refractivity contribution in [1.29, 1.82) is 0 Å². The third kappa shape index (κ3) is 4.13. The lowest BCUT2D eigenvalue weighted by molar-refractivity contribution is -0.134. The Morgan fingerprint density at radius 2 is 1.95 bits per heavy atom. The van der Waals surface area contributed by atoms with Crippen LogP contribution >= 0.6 is 0 Å². The summed E-state index contributed by atoms with van der Waals surface area (Å²) in [5.41, 5.74) is 0. The first-order chi connectivity index (χ1) is 9.69. The van der Waals surface area contributed by atoms with Crippen molar-refractivity contribution in [2.45, 2.75) is 19.9 Å². The predicted octanol–water partition coefficient (Wildman–Crippen LogP) is 1.28. The molecule has 1 aliphatic heterocycles. The second-order valence-electron chi connectivity index (χ2n) is 4.89. The van der Waals surface area contributed by atoms with Crippen LogP contribution in [0, 0.1) is 0 Å². The van der Waals surface area contributed by atoms with Gasteiger partial charge in [0.05, 0.1) is 6.61 Å². The fraction of sp³-hybridized carbons (Fsp3) is 0.533. The monoisotopic (exact) mass is 278 g/mol. The molecule has 1 unspecified atom stereocenters. The van der Waals surface area contributed by atoms with Crippen molar-refractivity contribution in [2.24, 2.45) is 0 Å². The van der Waals surface area contributed by atoms with E-state index in [9.17, 15) is 4.79 Å². The van der Waals surface area contributed by atoms with Crippen molar-refractivity contribution in [3.05, 3.63) is 24.3 Å². The Hall–Kier alpha value is -1.75. The molecule has 1 N–H and O–H groups in total. The number of carbonyl (C=O) groups excluding carboxylic acids is 1. The van der Waals surface area contributed by atoms with E-state index < -0.39 is 0 Å². The van der Waals surface area contributed by atoms with E-state index in [4.69, 9.17) is 9.47 Å². The van der Waals surface area contributed by atoms with Crippen LogP contribution in [0.3, 0.4) is 0 Å². The second kappa shape index (κ2) is 7.14. The Bertz CT molecular complexity index is 433. The molecule has 2 rings (SSSR count). The van der Waals surface area contributed by atoms with Crippen molar-refractivity contribution < 1.29 is 14.3 Å². The molecule has 1 heterocycles. The van der Waals surface area contributed by atoms with Crippen LogP contribution < -0.4 is 14.8 Å². The molecule has 20 heavy (non-hydrogen) atoms. The van der Waals surface area contributed by atoms with Gasteiger partial charge in [-0.1, -0.05) is 0 Å². The predicted molar refractivity (Wildman–Crippen MR) is 77.2 cm³/mol. The average molecular weight is 278 g/mol. The quantitative estimate of drug-likeness (QED) is 0.881. The summed E-state index contributed by atoms with van der Waals surface area (Å²) in [6.07, 6.45) is 0. The Morgan fingerprint density at radius 3 is 2.55 bits per heavy atom. The fourth-order valence-electron chi connectivity index (χ4n) is 2.19. The van der Waals surface area contributed by atoms with Gasteiger partial charge in [0, 0.05) is 25.7 Å². The zero-order chi connectivity index (χ0) is 14.4. The number of carbonyl (C=O) groups is 1. The van der Waals surface area contributed by atoms with Crippen LogP contribution in [0.25, 0.3) is 0 Å². The molecule has 0 radical (unpaired) electrons. The van der Waals surface area contributed by atoms with Gasteiger partial charge in [-0.15, -0.1) is 0 Å². The number of hydrogen-bond acceptors (Lipinski definition) is 4. The molecule has 0 aliphatic carbocycles. The number of rotatable bonds is 5. The summed E-state index contributed by atoms with van der Waals surface area (Å²) < 4.78 is 10.9. The average Bonchev–Trinajstić information content (AvgIpc) is 2.46. The van der Waals surface area contributed by atoms with E-state index in [2.05, 4.69) is 12.2 Å². The summed E-state index contributed by atoms with van der Waals surface area (Å²) in [6, 6.07) is 7.67. The molecule has 5 nitrogen and oxygen atoms in total. The fourth-order valence-corrected chi connectivity index (χ4v) is 2.19. The maximum absolute atomic E-state index is 12.0. The van der Waals surface area contributed by atoms with Crippen molar-refractivity contribution in [3.8, 4) is 11.5 Å². The molecule has 110 valence electrons. The van der Waals surface area contributed by atoms with Crippen molar-refractivity contribution in [2.75, 3.05) is 32.8 Å². The standard InChI is InChI=1S/C15H22N2O3/c1-3-19-13-4-6-14(7-5-13)20-11-15(18)17-9-8-16-12(2)10-17/h4-7,12,16H,3,8-11H2,1-2H3. The smallest absolute Gasteiger partial charge is 0.260 e. The summed E-state index contributed by atoms with van der Waals surface area (Å²) in [4.78, 5) is 13.9. The molecule has 0 aromatic heterocycles. The highest BCUT2D eigenvalue weighted by atomic mass is 16.5. The number of ether oxygens (including phenoxy) is 2. The van der Waals surface area contributed by atoms with Crippen LogP contribution in [0.1, 0.15) is 13.8 Å². The molecule has 1 aromatic carbocycles. The van der Waals surface area contributed by atoms with Gasteiger partial charge in [0.2, 0.25) is 0 Å². The van der Waals surface area contributed by atoms with Gasteiger partial charge in [-0.3, -0.25) is 4.79 Å². The van der Waals surface area contributed by atoms with Crippen molar-refractivity contribution in [1.82, 2.24) is 10.2 Å². The molecule has 5 heteroatoms. The van der Waals surface area contributed by atoms with E-state index in [1.54, 1.807) is 0 Å². The van der Waals surface area contributed by atoms with E-state index >= 15 is 0 Å². The molecule has 0 bridgehead atoms. The summed E-state index contributed by atoms with van der Waals surface area (Å²) in [5.74, 6) is 1.53. The van der Waals surface area contributed by atoms with Crippen LogP contribution in [0.5, 0.6) is 11.5 Å². The van der Waals surface area contributed by atoms with Crippen LogP contribution in [-0.4, -0.2) is 49.7 Å². The van der Waals surface area contributed by atoms with E-state index in [1.165, 1.54) is 0 Å². The summed E-state index contributed by atoms with van der Waals surface area (Å²) >= 11 is 0. The topological polar surface area (TPSA) is 50.8 Å². The molecular formula is C15H22N2O3. The minimum Gasteiger partial charge on any atom is -0.494 e.